The molecule has 0 aromatic carbocycles. The number of ether oxygens (including phenoxy) is 1. The van der Waals surface area contributed by atoms with E-state index >= 15 is 0 Å². The Labute approximate surface area is 128 Å². The molecule has 118 valence electrons. The highest BCUT2D eigenvalue weighted by Crippen LogP contribution is 2.45. The Morgan fingerprint density at radius 1 is 1.48 bits per heavy atom. The zero-order valence-electron chi connectivity index (χ0n) is 12.1. The van der Waals surface area contributed by atoms with Crippen LogP contribution in [0.5, 0.6) is 5.75 Å². The van der Waals surface area contributed by atoms with Crippen LogP contribution in [-0.4, -0.2) is 39.4 Å². The van der Waals surface area contributed by atoms with E-state index in [0.717, 1.165) is 12.8 Å². The maximum Gasteiger partial charge on any atom is 0.178 e. The molecule has 0 unspecified atom stereocenters. The summed E-state index contributed by atoms with van der Waals surface area (Å²) in [6.07, 6.45) is 1.83. The third-order valence-electron chi connectivity index (χ3n) is 3.41. The fourth-order valence-corrected chi connectivity index (χ4v) is 3.76. The summed E-state index contributed by atoms with van der Waals surface area (Å²) in [6.45, 7) is 1.88. The number of anilines is 2. The molecule has 8 heteroatoms. The standard InChI is InChI=1S/C13H20N2O4S2/c1-3-21(17,18)7-6-15-13-11(19-2)9(14)12(20-13)10(16)8-4-5-8/h8,15H,3-7,14H2,1-2H3. The van der Waals surface area contributed by atoms with Gasteiger partial charge in [-0.1, -0.05) is 6.92 Å². The molecule has 1 fully saturated rings. The minimum Gasteiger partial charge on any atom is -0.492 e. The Balaban J connectivity index is 2.11. The van der Waals surface area contributed by atoms with Gasteiger partial charge < -0.3 is 15.8 Å². The number of nitrogens with one attached hydrogen (secondary N) is 1. The summed E-state index contributed by atoms with van der Waals surface area (Å²) < 4.78 is 28.2. The van der Waals surface area contributed by atoms with Crippen LogP contribution in [0.25, 0.3) is 0 Å². The number of hydrogen-bond acceptors (Lipinski definition) is 7. The lowest BCUT2D eigenvalue weighted by Gasteiger charge is -2.06. The number of rotatable bonds is 8. The number of sulfone groups is 1. The number of hydrogen-bond donors (Lipinski definition) is 2. The maximum atomic E-state index is 12.1. The summed E-state index contributed by atoms with van der Waals surface area (Å²) in [6, 6.07) is 0. The van der Waals surface area contributed by atoms with Gasteiger partial charge in [0.15, 0.2) is 21.4 Å². The first-order chi connectivity index (χ1) is 9.89. The molecule has 1 aliphatic carbocycles. The van der Waals surface area contributed by atoms with Crippen molar-refractivity contribution in [2.45, 2.75) is 19.8 Å². The molecule has 1 aromatic heterocycles. The van der Waals surface area contributed by atoms with Gasteiger partial charge in [-0.15, -0.1) is 11.3 Å². The molecule has 0 atom stereocenters. The van der Waals surface area contributed by atoms with E-state index in [-0.39, 0.29) is 29.8 Å². The molecule has 0 bridgehead atoms. The van der Waals surface area contributed by atoms with Crippen molar-refractivity contribution in [1.82, 2.24) is 0 Å². The number of nitrogens with two attached hydrogens (primary N) is 1. The van der Waals surface area contributed by atoms with Crippen molar-refractivity contribution < 1.29 is 17.9 Å². The molecular weight excluding hydrogens is 312 g/mol. The summed E-state index contributed by atoms with van der Waals surface area (Å²) in [5.41, 5.74) is 6.32. The Kier molecular flexibility index (Phi) is 4.77. The van der Waals surface area contributed by atoms with E-state index in [2.05, 4.69) is 5.32 Å². The topological polar surface area (TPSA) is 98.5 Å². The van der Waals surface area contributed by atoms with E-state index in [0.29, 0.717) is 21.3 Å². The zero-order valence-corrected chi connectivity index (χ0v) is 13.8. The summed E-state index contributed by atoms with van der Waals surface area (Å²) in [5.74, 6) is 0.729. The van der Waals surface area contributed by atoms with Crippen molar-refractivity contribution in [1.29, 1.82) is 0 Å². The molecule has 1 saturated carbocycles. The van der Waals surface area contributed by atoms with Gasteiger partial charge in [-0.05, 0) is 12.8 Å². The first-order valence-electron chi connectivity index (χ1n) is 6.84. The Morgan fingerprint density at radius 2 is 2.14 bits per heavy atom. The SMILES string of the molecule is CCS(=O)(=O)CCNc1sc(C(=O)C2CC2)c(N)c1OC. The molecule has 3 N–H and O–H groups in total. The van der Waals surface area contributed by atoms with Crippen LogP contribution in [0.4, 0.5) is 10.7 Å². The minimum absolute atomic E-state index is 0.0381. The average molecular weight is 332 g/mol. The highest BCUT2D eigenvalue weighted by Gasteiger charge is 2.34. The van der Waals surface area contributed by atoms with Crippen molar-refractivity contribution in [3.05, 3.63) is 4.88 Å². The Bertz CT molecular complexity index is 633. The van der Waals surface area contributed by atoms with Gasteiger partial charge >= 0.3 is 0 Å². The molecule has 1 heterocycles. The first kappa shape index (κ1) is 16.1. The van der Waals surface area contributed by atoms with E-state index < -0.39 is 9.84 Å². The van der Waals surface area contributed by atoms with Gasteiger partial charge in [0, 0.05) is 18.2 Å². The van der Waals surface area contributed by atoms with Crippen LogP contribution >= 0.6 is 11.3 Å². The molecular formula is C13H20N2O4S2. The van der Waals surface area contributed by atoms with Gasteiger partial charge in [-0.3, -0.25) is 4.79 Å². The number of ketones is 1. The van der Waals surface area contributed by atoms with Gasteiger partial charge in [0.2, 0.25) is 0 Å². The number of thiophene rings is 1. The smallest absolute Gasteiger partial charge is 0.178 e. The molecule has 21 heavy (non-hydrogen) atoms. The van der Waals surface area contributed by atoms with Crippen LogP contribution in [0.1, 0.15) is 29.4 Å². The zero-order chi connectivity index (χ0) is 15.6. The first-order valence-corrected chi connectivity index (χ1v) is 9.48. The third-order valence-corrected chi connectivity index (χ3v) is 6.28. The van der Waals surface area contributed by atoms with Crippen LogP contribution < -0.4 is 15.8 Å². The summed E-state index contributed by atoms with van der Waals surface area (Å²) >= 11 is 1.24. The second-order valence-corrected chi connectivity index (χ2v) is 8.50. The Morgan fingerprint density at radius 3 is 2.67 bits per heavy atom. The van der Waals surface area contributed by atoms with E-state index in [1.807, 2.05) is 0 Å². The molecule has 0 spiro atoms. The largest absolute Gasteiger partial charge is 0.492 e. The maximum absolute atomic E-state index is 12.1. The summed E-state index contributed by atoms with van der Waals surface area (Å²) in [4.78, 5) is 12.6. The lowest BCUT2D eigenvalue weighted by molar-refractivity contribution is 0.0972. The lowest BCUT2D eigenvalue weighted by atomic mass is 10.2. The van der Waals surface area contributed by atoms with Crippen LogP contribution in [-0.2, 0) is 9.84 Å². The highest BCUT2D eigenvalue weighted by molar-refractivity contribution is 7.91. The van der Waals surface area contributed by atoms with E-state index in [4.69, 9.17) is 10.5 Å². The molecule has 0 amide bonds. The van der Waals surface area contributed by atoms with Crippen molar-refractivity contribution in [2.24, 2.45) is 5.92 Å². The number of methoxy groups -OCH3 is 1. The minimum atomic E-state index is -3.03. The predicted molar refractivity (Wildman–Crippen MR) is 85.2 cm³/mol. The predicted octanol–water partition coefficient (Wildman–Crippen LogP) is 1.78. The van der Waals surface area contributed by atoms with Crippen LogP contribution in [0.3, 0.4) is 0 Å². The van der Waals surface area contributed by atoms with Gasteiger partial charge in [0.05, 0.1) is 23.4 Å². The molecule has 0 aliphatic heterocycles. The number of nitrogen functional groups attached to an aromatic ring is 1. The van der Waals surface area contributed by atoms with E-state index in [1.165, 1.54) is 18.4 Å². The summed E-state index contributed by atoms with van der Waals surface area (Å²) in [5, 5.41) is 3.63. The van der Waals surface area contributed by atoms with E-state index in [9.17, 15) is 13.2 Å². The van der Waals surface area contributed by atoms with Crippen molar-refractivity contribution >= 4 is 37.6 Å². The third kappa shape index (κ3) is 3.68. The van der Waals surface area contributed by atoms with Gasteiger partial charge in [0.25, 0.3) is 0 Å². The van der Waals surface area contributed by atoms with Crippen LogP contribution in [0.2, 0.25) is 0 Å². The lowest BCUT2D eigenvalue weighted by Crippen LogP contribution is -2.16. The second-order valence-electron chi connectivity index (χ2n) is 5.01. The van der Waals surface area contributed by atoms with Crippen molar-refractivity contribution in [3.63, 3.8) is 0 Å². The number of carbonyl (C=O) groups is 1. The molecule has 2 rings (SSSR count). The second kappa shape index (κ2) is 6.23. The molecule has 6 nitrogen and oxygen atoms in total. The Hall–Kier alpha value is -1.28. The van der Waals surface area contributed by atoms with E-state index in [1.54, 1.807) is 6.92 Å². The molecule has 1 aromatic rings. The average Bonchev–Trinajstić information content (AvgIpc) is 3.24. The monoisotopic (exact) mass is 332 g/mol. The number of carbonyl (C=O) groups excluding carboxylic acids is 1. The molecule has 0 saturated heterocycles. The van der Waals surface area contributed by atoms with Crippen molar-refractivity contribution in [2.75, 3.05) is 36.2 Å². The van der Waals surface area contributed by atoms with Gasteiger partial charge in [0.1, 0.15) is 5.00 Å². The highest BCUT2D eigenvalue weighted by atomic mass is 32.2. The van der Waals surface area contributed by atoms with Gasteiger partial charge in [-0.2, -0.15) is 0 Å². The fraction of sp³-hybridized carbons (Fsp3) is 0.615. The molecule has 1 aliphatic rings. The van der Waals surface area contributed by atoms with Crippen LogP contribution in [0, 0.1) is 5.92 Å². The van der Waals surface area contributed by atoms with Crippen LogP contribution in [0.15, 0.2) is 0 Å². The normalized spacial score (nSPS) is 15.0. The number of Topliss-reactive ketones (excluding diaryl/α,β-unsaturated/α-hetero) is 1. The molecule has 0 radical (unpaired) electrons. The quantitative estimate of drug-likeness (QED) is 0.704. The summed E-state index contributed by atoms with van der Waals surface area (Å²) in [7, 11) is -1.55. The fourth-order valence-electron chi connectivity index (χ4n) is 1.93. The van der Waals surface area contributed by atoms with Gasteiger partial charge in [-0.25, -0.2) is 8.42 Å². The van der Waals surface area contributed by atoms with Crippen molar-refractivity contribution in [3.8, 4) is 5.75 Å².